The topological polar surface area (TPSA) is 17.8 Å². The van der Waals surface area contributed by atoms with E-state index in [1.54, 1.807) is 0 Å². The molecule has 2 aromatic heterocycles. The van der Waals surface area contributed by atoms with E-state index in [4.69, 9.17) is 4.98 Å². The highest BCUT2D eigenvalue weighted by Gasteiger charge is 2.08. The average Bonchev–Trinajstić information content (AvgIpc) is 2.94. The maximum Gasteiger partial charge on any atom is 0.0709 e. The molecule has 2 aromatic carbocycles. The maximum absolute atomic E-state index is 4.71. The number of rotatable bonds is 3. The molecule has 4 aromatic rings. The summed E-state index contributed by atoms with van der Waals surface area (Å²) in [6.07, 6.45) is 4.24. The summed E-state index contributed by atoms with van der Waals surface area (Å²) in [5.74, 6) is 0. The van der Waals surface area contributed by atoms with Crippen molar-refractivity contribution in [3.05, 3.63) is 95.4 Å². The van der Waals surface area contributed by atoms with Crippen molar-refractivity contribution in [2.24, 2.45) is 0 Å². The minimum Gasteiger partial charge on any atom is -0.318 e. The van der Waals surface area contributed by atoms with Gasteiger partial charge >= 0.3 is 0 Å². The van der Waals surface area contributed by atoms with Crippen molar-refractivity contribution in [2.75, 3.05) is 0 Å². The fraction of sp³-hybridized carbons (Fsp3) is 0.0870. The lowest BCUT2D eigenvalue weighted by Crippen LogP contribution is -1.98. The van der Waals surface area contributed by atoms with Crippen molar-refractivity contribution in [1.29, 1.82) is 0 Å². The molecule has 0 saturated heterocycles. The first-order valence-electron chi connectivity index (χ1n) is 8.50. The number of nitrogens with zero attached hydrogens (tertiary/aromatic N) is 2. The quantitative estimate of drug-likeness (QED) is 0.465. The van der Waals surface area contributed by atoms with Crippen molar-refractivity contribution in [3.63, 3.8) is 0 Å². The van der Waals surface area contributed by atoms with Gasteiger partial charge < -0.3 is 4.57 Å². The zero-order valence-electron chi connectivity index (χ0n) is 14.5. The second-order valence-corrected chi connectivity index (χ2v) is 6.26. The largest absolute Gasteiger partial charge is 0.318 e. The molecule has 2 heteroatoms. The third-order valence-electron chi connectivity index (χ3n) is 4.54. The van der Waals surface area contributed by atoms with Crippen LogP contribution in [-0.4, -0.2) is 9.55 Å². The smallest absolute Gasteiger partial charge is 0.0709 e. The molecule has 0 fully saturated rings. The molecular formula is C23H20N2. The highest BCUT2D eigenvalue weighted by Crippen LogP contribution is 2.22. The van der Waals surface area contributed by atoms with E-state index in [2.05, 4.69) is 79.1 Å². The first-order valence-corrected chi connectivity index (χ1v) is 8.50. The third-order valence-corrected chi connectivity index (χ3v) is 4.54. The van der Waals surface area contributed by atoms with Crippen molar-refractivity contribution in [3.8, 4) is 5.69 Å². The molecule has 0 spiro atoms. The van der Waals surface area contributed by atoms with Gasteiger partial charge in [0.05, 0.1) is 11.2 Å². The molecular weight excluding hydrogens is 304 g/mol. The van der Waals surface area contributed by atoms with E-state index in [9.17, 15) is 0 Å². The Balaban J connectivity index is 1.69. The average molecular weight is 324 g/mol. The van der Waals surface area contributed by atoms with Crippen molar-refractivity contribution >= 4 is 23.1 Å². The Bertz CT molecular complexity index is 1060. The Kier molecular flexibility index (Phi) is 3.95. The number of aromatic nitrogens is 2. The van der Waals surface area contributed by atoms with E-state index in [0.717, 1.165) is 11.2 Å². The van der Waals surface area contributed by atoms with Crippen molar-refractivity contribution < 1.29 is 0 Å². The summed E-state index contributed by atoms with van der Waals surface area (Å²) in [6, 6.07) is 25.1. The van der Waals surface area contributed by atoms with Gasteiger partial charge in [-0.1, -0.05) is 48.5 Å². The van der Waals surface area contributed by atoms with E-state index < -0.39 is 0 Å². The molecule has 0 saturated carbocycles. The number of fused-ring (bicyclic) bond motifs is 1. The molecule has 0 aliphatic carbocycles. The van der Waals surface area contributed by atoms with Crippen LogP contribution in [0.3, 0.4) is 0 Å². The monoisotopic (exact) mass is 324 g/mol. The third kappa shape index (κ3) is 2.99. The highest BCUT2D eigenvalue weighted by molar-refractivity contribution is 5.81. The van der Waals surface area contributed by atoms with Gasteiger partial charge in [0.25, 0.3) is 0 Å². The predicted octanol–water partition coefficient (Wildman–Crippen LogP) is 5.81. The number of aryl methyl sites for hydroxylation is 1. The van der Waals surface area contributed by atoms with Crippen molar-refractivity contribution in [2.45, 2.75) is 13.8 Å². The molecule has 0 amide bonds. The molecule has 0 unspecified atom stereocenters. The minimum atomic E-state index is 0.975. The van der Waals surface area contributed by atoms with Crippen LogP contribution in [-0.2, 0) is 0 Å². The van der Waals surface area contributed by atoms with Crippen LogP contribution in [0, 0.1) is 13.8 Å². The van der Waals surface area contributed by atoms with Crippen molar-refractivity contribution in [1.82, 2.24) is 9.55 Å². The van der Waals surface area contributed by atoms with Gasteiger partial charge in [-0.25, -0.2) is 4.98 Å². The fourth-order valence-corrected chi connectivity index (χ4v) is 3.28. The Morgan fingerprint density at radius 2 is 1.56 bits per heavy atom. The highest BCUT2D eigenvalue weighted by atomic mass is 15.0. The van der Waals surface area contributed by atoms with Crippen LogP contribution >= 0.6 is 0 Å². The summed E-state index contributed by atoms with van der Waals surface area (Å²) < 4.78 is 2.29. The number of pyridine rings is 1. The van der Waals surface area contributed by atoms with Crippen LogP contribution in [0.1, 0.15) is 22.6 Å². The molecule has 0 bridgehead atoms. The van der Waals surface area contributed by atoms with E-state index in [-0.39, 0.29) is 0 Å². The Morgan fingerprint density at radius 1 is 0.800 bits per heavy atom. The number of benzene rings is 2. The van der Waals surface area contributed by atoms with Gasteiger partial charge in [0.15, 0.2) is 0 Å². The van der Waals surface area contributed by atoms with Gasteiger partial charge in [0.2, 0.25) is 0 Å². The first kappa shape index (κ1) is 15.4. The summed E-state index contributed by atoms with van der Waals surface area (Å²) in [5.41, 5.74) is 6.88. The molecule has 25 heavy (non-hydrogen) atoms. The molecule has 0 N–H and O–H groups in total. The fourth-order valence-electron chi connectivity index (χ4n) is 3.28. The predicted molar refractivity (Wildman–Crippen MR) is 106 cm³/mol. The van der Waals surface area contributed by atoms with Crippen LogP contribution in [0.5, 0.6) is 0 Å². The van der Waals surface area contributed by atoms with Gasteiger partial charge in [-0.3, -0.25) is 0 Å². The Hall–Kier alpha value is -3.13. The number of hydrogen-bond donors (Lipinski definition) is 0. The van der Waals surface area contributed by atoms with Crippen LogP contribution in [0.2, 0.25) is 0 Å². The summed E-state index contributed by atoms with van der Waals surface area (Å²) in [4.78, 5) is 4.71. The SMILES string of the molecule is Cc1cc(/C=C/c2ccc3ccccc3n2)c(C)n1-c1ccccc1. The van der Waals surface area contributed by atoms with Gasteiger partial charge in [-0.15, -0.1) is 0 Å². The summed E-state index contributed by atoms with van der Waals surface area (Å²) in [5, 5.41) is 1.17. The lowest BCUT2D eigenvalue weighted by Gasteiger charge is -2.09. The molecule has 0 aliphatic heterocycles. The van der Waals surface area contributed by atoms with Gasteiger partial charge in [-0.2, -0.15) is 0 Å². The van der Waals surface area contributed by atoms with Gasteiger partial charge in [-0.05, 0) is 55.8 Å². The van der Waals surface area contributed by atoms with Crippen LogP contribution in [0.15, 0.2) is 72.8 Å². The second-order valence-electron chi connectivity index (χ2n) is 6.26. The summed E-state index contributed by atoms with van der Waals surface area (Å²) >= 11 is 0. The van der Waals surface area contributed by atoms with Crippen LogP contribution in [0.4, 0.5) is 0 Å². The maximum atomic E-state index is 4.71. The van der Waals surface area contributed by atoms with Gasteiger partial charge in [0.1, 0.15) is 0 Å². The lowest BCUT2D eigenvalue weighted by atomic mass is 10.1. The molecule has 4 rings (SSSR count). The van der Waals surface area contributed by atoms with E-state index >= 15 is 0 Å². The molecule has 122 valence electrons. The normalized spacial score (nSPS) is 11.4. The summed E-state index contributed by atoms with van der Waals surface area (Å²) in [6.45, 7) is 4.30. The summed E-state index contributed by atoms with van der Waals surface area (Å²) in [7, 11) is 0. The lowest BCUT2D eigenvalue weighted by molar-refractivity contribution is 0.965. The molecule has 2 heterocycles. The van der Waals surface area contributed by atoms with Crippen LogP contribution in [0.25, 0.3) is 28.7 Å². The molecule has 0 radical (unpaired) electrons. The zero-order valence-corrected chi connectivity index (χ0v) is 14.5. The molecule has 2 nitrogen and oxygen atoms in total. The zero-order chi connectivity index (χ0) is 17.2. The standard InChI is InChI=1S/C23H20N2/c1-17-16-20(18(2)25(17)22-9-4-3-5-10-22)13-15-21-14-12-19-8-6-7-11-23(19)24-21/h3-16H,1-2H3/b15-13+. The molecule has 0 atom stereocenters. The molecule has 0 aliphatic rings. The Morgan fingerprint density at radius 3 is 2.40 bits per heavy atom. The van der Waals surface area contributed by atoms with Gasteiger partial charge in [0, 0.05) is 22.5 Å². The first-order chi connectivity index (χ1) is 12.2. The van der Waals surface area contributed by atoms with E-state index in [0.29, 0.717) is 0 Å². The minimum absolute atomic E-state index is 0.975. The second kappa shape index (κ2) is 6.40. The Labute approximate surface area is 148 Å². The van der Waals surface area contributed by atoms with E-state index in [1.807, 2.05) is 24.3 Å². The van der Waals surface area contributed by atoms with Crippen LogP contribution < -0.4 is 0 Å². The number of para-hydroxylation sites is 2. The number of hydrogen-bond acceptors (Lipinski definition) is 1. The van der Waals surface area contributed by atoms with E-state index in [1.165, 1.54) is 28.0 Å².